The highest BCUT2D eigenvalue weighted by molar-refractivity contribution is 6.07. The van der Waals surface area contributed by atoms with Crippen LogP contribution in [-0.2, 0) is 19.8 Å². The summed E-state index contributed by atoms with van der Waals surface area (Å²) in [4.78, 5) is 30.7. The number of carbonyl (C=O) groups is 1. The number of halogens is 5. The maximum atomic E-state index is 15.4. The van der Waals surface area contributed by atoms with Crippen LogP contribution in [0.5, 0.6) is 0 Å². The quantitative estimate of drug-likeness (QED) is 0.329. The Kier molecular flexibility index (Phi) is 5.46. The van der Waals surface area contributed by atoms with Gasteiger partial charge in [-0.15, -0.1) is 0 Å². The summed E-state index contributed by atoms with van der Waals surface area (Å²) in [6.45, 7) is 1.26. The van der Waals surface area contributed by atoms with Gasteiger partial charge in [-0.3, -0.25) is 14.1 Å². The van der Waals surface area contributed by atoms with Crippen molar-refractivity contribution in [3.05, 3.63) is 77.5 Å². The second-order valence-electron chi connectivity index (χ2n) is 8.94. The molecule has 1 aromatic carbocycles. The zero-order valence-corrected chi connectivity index (χ0v) is 20.6. The molecule has 1 amide bonds. The molecule has 0 aliphatic heterocycles. The Labute approximate surface area is 220 Å². The van der Waals surface area contributed by atoms with Gasteiger partial charge in [0.1, 0.15) is 23.0 Å². The smallest absolute Gasteiger partial charge is 0.382 e. The summed E-state index contributed by atoms with van der Waals surface area (Å²) in [6.07, 6.45) is 0.572. The lowest BCUT2D eigenvalue weighted by molar-refractivity contribution is -0.141. The standard InChI is InChI=1S/C24H17F5N10O/c1-11-31-6-18-21(30)35-16-4-14(25)13(3-17(16)39(11)18)23(40)38(22-15(26)5-33-36(22)2)9-12-8-37-10-19(24(27,28)29)32-7-20(37)34-12/h3-8,10H,9H2,1-2H3,(H2,30,35). The third-order valence-corrected chi connectivity index (χ3v) is 6.34. The molecule has 0 aliphatic carbocycles. The van der Waals surface area contributed by atoms with E-state index in [0.717, 1.165) is 38.6 Å². The van der Waals surface area contributed by atoms with Crippen LogP contribution in [0, 0.1) is 18.6 Å². The molecule has 0 bridgehead atoms. The molecule has 5 aromatic heterocycles. The highest BCUT2D eigenvalue weighted by Gasteiger charge is 2.33. The third kappa shape index (κ3) is 3.95. The molecule has 6 rings (SSSR count). The number of rotatable bonds is 4. The number of amides is 1. The van der Waals surface area contributed by atoms with E-state index in [2.05, 4.69) is 25.0 Å². The lowest BCUT2D eigenvalue weighted by Gasteiger charge is -2.22. The maximum absolute atomic E-state index is 15.4. The van der Waals surface area contributed by atoms with Crippen LogP contribution in [0.3, 0.4) is 0 Å². The number of alkyl halides is 3. The number of benzene rings is 1. The maximum Gasteiger partial charge on any atom is 0.434 e. The third-order valence-electron chi connectivity index (χ3n) is 6.34. The van der Waals surface area contributed by atoms with Gasteiger partial charge in [-0.25, -0.2) is 33.4 Å². The van der Waals surface area contributed by atoms with Crippen molar-refractivity contribution in [2.24, 2.45) is 7.05 Å². The van der Waals surface area contributed by atoms with E-state index in [1.807, 2.05) is 0 Å². The number of anilines is 2. The summed E-state index contributed by atoms with van der Waals surface area (Å²) in [6, 6.07) is 2.29. The minimum absolute atomic E-state index is 0.0550. The van der Waals surface area contributed by atoms with Crippen LogP contribution in [-0.4, -0.2) is 44.4 Å². The van der Waals surface area contributed by atoms with Crippen LogP contribution in [0.15, 0.2) is 43.1 Å². The Morgan fingerprint density at radius 1 is 1.02 bits per heavy atom. The van der Waals surface area contributed by atoms with E-state index in [1.165, 1.54) is 25.5 Å². The first kappa shape index (κ1) is 25.1. The van der Waals surface area contributed by atoms with Gasteiger partial charge in [0.15, 0.2) is 23.0 Å². The zero-order chi connectivity index (χ0) is 28.5. The molecule has 6 aromatic rings. The molecule has 0 spiro atoms. The van der Waals surface area contributed by atoms with Gasteiger partial charge in [0, 0.05) is 25.5 Å². The van der Waals surface area contributed by atoms with Crippen molar-refractivity contribution in [1.29, 1.82) is 0 Å². The molecule has 11 nitrogen and oxygen atoms in total. The van der Waals surface area contributed by atoms with Crippen LogP contribution in [0.1, 0.15) is 27.6 Å². The van der Waals surface area contributed by atoms with E-state index in [0.29, 0.717) is 16.9 Å². The molecule has 0 unspecified atom stereocenters. The first-order valence-electron chi connectivity index (χ1n) is 11.6. The van der Waals surface area contributed by atoms with Gasteiger partial charge in [-0.2, -0.15) is 18.3 Å². The number of fused-ring (bicyclic) bond motifs is 4. The van der Waals surface area contributed by atoms with Crippen molar-refractivity contribution in [2.45, 2.75) is 19.6 Å². The Morgan fingerprint density at radius 3 is 2.50 bits per heavy atom. The highest BCUT2D eigenvalue weighted by atomic mass is 19.4. The number of nitrogens with two attached hydrogens (primary N) is 1. The van der Waals surface area contributed by atoms with Crippen LogP contribution in [0.4, 0.5) is 33.6 Å². The number of nitrogen functional groups attached to an aromatic ring is 1. The van der Waals surface area contributed by atoms with E-state index in [9.17, 15) is 22.4 Å². The molecular formula is C24H17F5N10O. The van der Waals surface area contributed by atoms with Crippen LogP contribution >= 0.6 is 0 Å². The molecule has 40 heavy (non-hydrogen) atoms. The van der Waals surface area contributed by atoms with Crippen molar-refractivity contribution < 1.29 is 26.7 Å². The summed E-state index contributed by atoms with van der Waals surface area (Å²) in [5, 5.41) is 3.82. The monoisotopic (exact) mass is 556 g/mol. The molecule has 0 saturated carbocycles. The Hall–Kier alpha value is -5.15. The van der Waals surface area contributed by atoms with Gasteiger partial charge in [-0.1, -0.05) is 0 Å². The Morgan fingerprint density at radius 2 is 1.80 bits per heavy atom. The number of hydrogen-bond donors (Lipinski definition) is 1. The average Bonchev–Trinajstić information content (AvgIpc) is 3.57. The van der Waals surface area contributed by atoms with Gasteiger partial charge in [0.2, 0.25) is 0 Å². The van der Waals surface area contributed by atoms with Crippen LogP contribution < -0.4 is 10.6 Å². The minimum atomic E-state index is -4.69. The second-order valence-corrected chi connectivity index (χ2v) is 8.94. The number of aromatic nitrogens is 8. The summed E-state index contributed by atoms with van der Waals surface area (Å²) in [5.74, 6) is -2.50. The molecular weight excluding hydrogens is 539 g/mol. The minimum Gasteiger partial charge on any atom is -0.382 e. The molecule has 0 saturated heterocycles. The molecule has 0 aliphatic rings. The predicted molar refractivity (Wildman–Crippen MR) is 131 cm³/mol. The van der Waals surface area contributed by atoms with Gasteiger partial charge in [-0.05, 0) is 13.0 Å². The summed E-state index contributed by atoms with van der Waals surface area (Å²) in [5.41, 5.74) is 5.47. The zero-order valence-electron chi connectivity index (χ0n) is 20.6. The van der Waals surface area contributed by atoms with Crippen molar-refractivity contribution in [2.75, 3.05) is 10.6 Å². The molecule has 16 heteroatoms. The van der Waals surface area contributed by atoms with E-state index >= 15 is 4.39 Å². The number of carbonyl (C=O) groups excluding carboxylic acids is 1. The van der Waals surface area contributed by atoms with Gasteiger partial charge >= 0.3 is 6.18 Å². The largest absolute Gasteiger partial charge is 0.434 e. The number of nitrogens with zero attached hydrogens (tertiary/aromatic N) is 9. The van der Waals surface area contributed by atoms with E-state index in [1.54, 1.807) is 11.3 Å². The van der Waals surface area contributed by atoms with E-state index in [-0.39, 0.29) is 28.5 Å². The van der Waals surface area contributed by atoms with Gasteiger partial charge < -0.3 is 10.1 Å². The Bertz CT molecular complexity index is 1950. The fraction of sp³-hybridized carbons (Fsp3) is 0.167. The lowest BCUT2D eigenvalue weighted by Crippen LogP contribution is -2.33. The van der Waals surface area contributed by atoms with E-state index < -0.39 is 41.5 Å². The molecule has 0 radical (unpaired) electrons. The summed E-state index contributed by atoms with van der Waals surface area (Å²) in [7, 11) is 1.38. The van der Waals surface area contributed by atoms with Crippen LogP contribution in [0.25, 0.3) is 22.2 Å². The van der Waals surface area contributed by atoms with Crippen LogP contribution in [0.2, 0.25) is 0 Å². The lowest BCUT2D eigenvalue weighted by atomic mass is 10.1. The van der Waals surface area contributed by atoms with Gasteiger partial charge in [0.05, 0.1) is 47.4 Å². The average molecular weight is 556 g/mol. The fourth-order valence-corrected chi connectivity index (χ4v) is 4.53. The molecule has 0 fully saturated rings. The summed E-state index contributed by atoms with van der Waals surface area (Å²) >= 11 is 0. The summed E-state index contributed by atoms with van der Waals surface area (Å²) < 4.78 is 73.4. The fourth-order valence-electron chi connectivity index (χ4n) is 4.53. The predicted octanol–water partition coefficient (Wildman–Crippen LogP) is 3.69. The molecule has 0 atom stereocenters. The van der Waals surface area contributed by atoms with Crippen molar-refractivity contribution in [3.8, 4) is 0 Å². The first-order chi connectivity index (χ1) is 18.9. The van der Waals surface area contributed by atoms with Crippen molar-refractivity contribution in [1.82, 2.24) is 38.5 Å². The molecule has 5 heterocycles. The normalized spacial score (nSPS) is 12.2. The molecule has 2 N–H and O–H groups in total. The van der Waals surface area contributed by atoms with Gasteiger partial charge in [0.25, 0.3) is 5.91 Å². The topological polar surface area (TPSA) is 125 Å². The SMILES string of the molecule is Cc1ncc2c(N)nc3cc(F)c(C(=O)N(Cc4cn5cc(C(F)(F)F)ncc5n4)c4c(F)cnn4C)cc3n12. The molecule has 204 valence electrons. The Balaban J connectivity index is 1.48. The van der Waals surface area contributed by atoms with Crippen molar-refractivity contribution in [3.63, 3.8) is 0 Å². The number of hydrogen-bond acceptors (Lipinski definition) is 7. The first-order valence-corrected chi connectivity index (χ1v) is 11.6. The number of aryl methyl sites for hydroxylation is 2. The van der Waals surface area contributed by atoms with Crippen molar-refractivity contribution >= 4 is 39.7 Å². The second kappa shape index (κ2) is 8.69. The highest BCUT2D eigenvalue weighted by Crippen LogP contribution is 2.29. The number of imidazole rings is 2. The van der Waals surface area contributed by atoms with E-state index in [4.69, 9.17) is 5.73 Å².